The number of nitrogens with one attached hydrogen (secondary N) is 1. The van der Waals surface area contributed by atoms with Crippen LogP contribution in [0.2, 0.25) is 0 Å². The molecule has 0 fully saturated rings. The third-order valence-electron chi connectivity index (χ3n) is 4.08. The molecule has 0 aliphatic heterocycles. The van der Waals surface area contributed by atoms with Crippen molar-refractivity contribution in [2.45, 2.75) is 13.0 Å². The zero-order valence-corrected chi connectivity index (χ0v) is 15.0. The lowest BCUT2D eigenvalue weighted by Crippen LogP contribution is -2.17. The highest BCUT2D eigenvalue weighted by Gasteiger charge is 2.13. The molecular formula is C19H17N3O3S. The molecule has 132 valence electrons. The quantitative estimate of drug-likeness (QED) is 0.561. The van der Waals surface area contributed by atoms with Crippen molar-refractivity contribution in [2.75, 3.05) is 12.4 Å². The first-order valence-corrected chi connectivity index (χ1v) is 8.99. The summed E-state index contributed by atoms with van der Waals surface area (Å²) in [6.07, 6.45) is 3.53. The molecule has 3 aromatic heterocycles. The maximum absolute atomic E-state index is 12.5. The number of hydrogen-bond donors (Lipinski definition) is 1. The van der Waals surface area contributed by atoms with Crippen LogP contribution in [-0.2, 0) is 17.8 Å². The molecule has 0 unspecified atom stereocenters. The van der Waals surface area contributed by atoms with Gasteiger partial charge in [-0.15, -0.1) is 11.3 Å². The first-order chi connectivity index (χ1) is 12.7. The summed E-state index contributed by atoms with van der Waals surface area (Å²) in [4.78, 5) is 13.7. The summed E-state index contributed by atoms with van der Waals surface area (Å²) in [6.45, 7) is 0.634. The molecular weight excluding hydrogens is 350 g/mol. The van der Waals surface area contributed by atoms with Crippen molar-refractivity contribution in [2.24, 2.45) is 0 Å². The molecule has 1 amide bonds. The molecule has 0 saturated carbocycles. The number of rotatable bonds is 6. The Labute approximate surface area is 154 Å². The summed E-state index contributed by atoms with van der Waals surface area (Å²) < 4.78 is 12.5. The van der Waals surface area contributed by atoms with E-state index in [9.17, 15) is 4.79 Å². The van der Waals surface area contributed by atoms with Crippen molar-refractivity contribution in [1.29, 1.82) is 0 Å². The number of ether oxygens (including phenoxy) is 1. The third-order valence-corrected chi connectivity index (χ3v) is 4.94. The zero-order valence-electron chi connectivity index (χ0n) is 14.1. The van der Waals surface area contributed by atoms with Crippen LogP contribution in [-0.4, -0.2) is 22.8 Å². The first kappa shape index (κ1) is 16.4. The predicted octanol–water partition coefficient (Wildman–Crippen LogP) is 3.93. The van der Waals surface area contributed by atoms with Gasteiger partial charge >= 0.3 is 0 Å². The number of anilines is 1. The van der Waals surface area contributed by atoms with E-state index in [1.54, 1.807) is 41.7 Å². The van der Waals surface area contributed by atoms with Gasteiger partial charge in [-0.25, -0.2) is 4.68 Å². The number of amides is 1. The second kappa shape index (κ2) is 7.05. The van der Waals surface area contributed by atoms with Crippen molar-refractivity contribution in [3.8, 4) is 5.75 Å². The molecule has 0 radical (unpaired) electrons. The van der Waals surface area contributed by atoms with E-state index in [0.717, 1.165) is 16.7 Å². The molecule has 0 spiro atoms. The van der Waals surface area contributed by atoms with Crippen molar-refractivity contribution in [1.82, 2.24) is 9.78 Å². The topological polar surface area (TPSA) is 69.3 Å². The summed E-state index contributed by atoms with van der Waals surface area (Å²) in [7, 11) is 1.61. The molecule has 0 aliphatic carbocycles. The van der Waals surface area contributed by atoms with Gasteiger partial charge in [0.15, 0.2) is 0 Å². The SMILES string of the molecule is COc1ccc2c(CC(=O)Nc3ccnn3Cc3cccs3)coc2c1. The Kier molecular flexibility index (Phi) is 4.45. The molecule has 4 aromatic rings. The summed E-state index contributed by atoms with van der Waals surface area (Å²) >= 11 is 1.66. The summed E-state index contributed by atoms with van der Waals surface area (Å²) in [5, 5.41) is 10.1. The fourth-order valence-corrected chi connectivity index (χ4v) is 3.49. The summed E-state index contributed by atoms with van der Waals surface area (Å²) in [5.74, 6) is 1.29. The number of benzene rings is 1. The van der Waals surface area contributed by atoms with E-state index in [2.05, 4.69) is 10.4 Å². The standard InChI is InChI=1S/C19H17N3O3S/c1-24-14-4-5-16-13(12-25-17(16)10-14)9-19(23)21-18-6-7-20-22(18)11-15-3-2-8-26-15/h2-8,10,12H,9,11H2,1H3,(H,21,23). The third kappa shape index (κ3) is 3.34. The fourth-order valence-electron chi connectivity index (χ4n) is 2.80. The number of nitrogens with zero attached hydrogens (tertiary/aromatic N) is 2. The highest BCUT2D eigenvalue weighted by Crippen LogP contribution is 2.26. The van der Waals surface area contributed by atoms with Crippen molar-refractivity contribution in [3.05, 3.63) is 64.7 Å². The Bertz CT molecular complexity index is 1030. The van der Waals surface area contributed by atoms with Gasteiger partial charge in [0.25, 0.3) is 0 Å². The Morgan fingerprint density at radius 3 is 3.08 bits per heavy atom. The summed E-state index contributed by atoms with van der Waals surface area (Å²) in [6, 6.07) is 11.4. The Morgan fingerprint density at radius 2 is 2.27 bits per heavy atom. The molecule has 1 aromatic carbocycles. The largest absolute Gasteiger partial charge is 0.497 e. The maximum atomic E-state index is 12.5. The van der Waals surface area contributed by atoms with Crippen molar-refractivity contribution < 1.29 is 13.9 Å². The van der Waals surface area contributed by atoms with E-state index in [0.29, 0.717) is 17.9 Å². The second-order valence-corrected chi connectivity index (χ2v) is 6.83. The van der Waals surface area contributed by atoms with Crippen LogP contribution in [0, 0.1) is 0 Å². The zero-order chi connectivity index (χ0) is 17.9. The van der Waals surface area contributed by atoms with Crippen LogP contribution < -0.4 is 10.1 Å². The Balaban J connectivity index is 1.47. The van der Waals surface area contributed by atoms with Crippen LogP contribution in [0.1, 0.15) is 10.4 Å². The molecule has 0 atom stereocenters. The van der Waals surface area contributed by atoms with Crippen LogP contribution in [0.5, 0.6) is 5.75 Å². The van der Waals surface area contributed by atoms with E-state index < -0.39 is 0 Å². The van der Waals surface area contributed by atoms with Gasteiger partial charge in [0, 0.05) is 28.0 Å². The summed E-state index contributed by atoms with van der Waals surface area (Å²) in [5.41, 5.74) is 1.54. The average Bonchev–Trinajstić information content (AvgIpc) is 3.38. The van der Waals surface area contributed by atoms with Crippen LogP contribution in [0.25, 0.3) is 11.0 Å². The Hall–Kier alpha value is -3.06. The fraction of sp³-hybridized carbons (Fsp3) is 0.158. The van der Waals surface area contributed by atoms with Gasteiger partial charge in [-0.2, -0.15) is 5.10 Å². The van der Waals surface area contributed by atoms with Gasteiger partial charge in [-0.3, -0.25) is 4.79 Å². The van der Waals surface area contributed by atoms with Gasteiger partial charge in [0.1, 0.15) is 17.2 Å². The van der Waals surface area contributed by atoms with Gasteiger partial charge in [-0.05, 0) is 23.6 Å². The van der Waals surface area contributed by atoms with Crippen LogP contribution in [0.15, 0.2) is 58.7 Å². The van der Waals surface area contributed by atoms with Crippen molar-refractivity contribution in [3.63, 3.8) is 0 Å². The maximum Gasteiger partial charge on any atom is 0.230 e. The van der Waals surface area contributed by atoms with Gasteiger partial charge in [0.05, 0.1) is 32.5 Å². The van der Waals surface area contributed by atoms with E-state index in [4.69, 9.17) is 9.15 Å². The molecule has 26 heavy (non-hydrogen) atoms. The first-order valence-electron chi connectivity index (χ1n) is 8.11. The lowest BCUT2D eigenvalue weighted by atomic mass is 10.1. The minimum Gasteiger partial charge on any atom is -0.497 e. The smallest absolute Gasteiger partial charge is 0.230 e. The molecule has 4 rings (SSSR count). The number of thiophene rings is 1. The second-order valence-electron chi connectivity index (χ2n) is 5.80. The monoisotopic (exact) mass is 367 g/mol. The minimum absolute atomic E-state index is 0.114. The molecule has 7 heteroatoms. The lowest BCUT2D eigenvalue weighted by Gasteiger charge is -2.08. The highest BCUT2D eigenvalue weighted by molar-refractivity contribution is 7.09. The Morgan fingerprint density at radius 1 is 1.35 bits per heavy atom. The number of aromatic nitrogens is 2. The number of carbonyl (C=O) groups is 1. The average molecular weight is 367 g/mol. The number of furan rings is 1. The molecule has 0 bridgehead atoms. The normalized spacial score (nSPS) is 11.0. The predicted molar refractivity (Wildman–Crippen MR) is 101 cm³/mol. The van der Waals surface area contributed by atoms with E-state index in [-0.39, 0.29) is 12.3 Å². The molecule has 1 N–H and O–H groups in total. The molecule has 0 saturated heterocycles. The van der Waals surface area contributed by atoms with Crippen LogP contribution in [0.4, 0.5) is 5.82 Å². The number of methoxy groups -OCH3 is 1. The van der Waals surface area contributed by atoms with E-state index in [1.165, 1.54) is 4.88 Å². The number of hydrogen-bond acceptors (Lipinski definition) is 5. The van der Waals surface area contributed by atoms with Gasteiger partial charge in [0.2, 0.25) is 5.91 Å². The number of carbonyl (C=O) groups excluding carboxylic acids is 1. The lowest BCUT2D eigenvalue weighted by molar-refractivity contribution is -0.115. The van der Waals surface area contributed by atoms with Gasteiger partial charge in [-0.1, -0.05) is 6.07 Å². The van der Waals surface area contributed by atoms with E-state index >= 15 is 0 Å². The molecule has 3 heterocycles. The highest BCUT2D eigenvalue weighted by atomic mass is 32.1. The van der Waals surface area contributed by atoms with E-state index in [1.807, 2.05) is 35.7 Å². The van der Waals surface area contributed by atoms with Crippen LogP contribution >= 0.6 is 11.3 Å². The van der Waals surface area contributed by atoms with Crippen LogP contribution in [0.3, 0.4) is 0 Å². The van der Waals surface area contributed by atoms with Crippen molar-refractivity contribution >= 4 is 34.0 Å². The number of fused-ring (bicyclic) bond motifs is 1. The molecule has 0 aliphatic rings. The minimum atomic E-state index is -0.114. The van der Waals surface area contributed by atoms with Gasteiger partial charge < -0.3 is 14.5 Å². The molecule has 6 nitrogen and oxygen atoms in total.